The fourth-order valence-electron chi connectivity index (χ4n) is 2.41. The van der Waals surface area contributed by atoms with Crippen LogP contribution in [0.5, 0.6) is 5.75 Å². The van der Waals surface area contributed by atoms with E-state index in [0.717, 1.165) is 17.7 Å². The molecule has 2 N–H and O–H groups in total. The van der Waals surface area contributed by atoms with Crippen molar-refractivity contribution >= 4 is 11.7 Å². The molecule has 2 heterocycles. The van der Waals surface area contributed by atoms with Crippen molar-refractivity contribution < 1.29 is 9.53 Å². The summed E-state index contributed by atoms with van der Waals surface area (Å²) in [6.07, 6.45) is 3.56. The normalized spacial score (nSPS) is 15.7. The second-order valence-corrected chi connectivity index (χ2v) is 5.05. The second kappa shape index (κ2) is 6.75. The summed E-state index contributed by atoms with van der Waals surface area (Å²) >= 11 is 0. The van der Waals surface area contributed by atoms with Crippen LogP contribution in [0, 0.1) is 11.3 Å². The van der Waals surface area contributed by atoms with E-state index in [1.807, 2.05) is 30.3 Å². The van der Waals surface area contributed by atoms with E-state index in [0.29, 0.717) is 12.4 Å². The number of ether oxygens (including phenoxy) is 1. The quantitative estimate of drug-likeness (QED) is 0.885. The third-order valence-electron chi connectivity index (χ3n) is 3.47. The van der Waals surface area contributed by atoms with E-state index in [9.17, 15) is 4.79 Å². The molecule has 0 saturated carbocycles. The van der Waals surface area contributed by atoms with Gasteiger partial charge in [-0.2, -0.15) is 5.26 Å². The predicted octanol–water partition coefficient (Wildman–Crippen LogP) is 1.40. The average molecular weight is 309 g/mol. The minimum absolute atomic E-state index is 0.0586. The van der Waals surface area contributed by atoms with E-state index >= 15 is 0 Å². The lowest BCUT2D eigenvalue weighted by Crippen LogP contribution is -2.35. The van der Waals surface area contributed by atoms with Gasteiger partial charge in [-0.25, -0.2) is 4.98 Å². The lowest BCUT2D eigenvalue weighted by molar-refractivity contribution is -0.120. The van der Waals surface area contributed by atoms with Gasteiger partial charge in [-0.15, -0.1) is 0 Å². The maximum absolute atomic E-state index is 12.1. The number of nitriles is 1. The van der Waals surface area contributed by atoms with E-state index in [1.165, 1.54) is 12.4 Å². The van der Waals surface area contributed by atoms with Gasteiger partial charge in [0.05, 0.1) is 31.6 Å². The van der Waals surface area contributed by atoms with Crippen LogP contribution in [0.2, 0.25) is 0 Å². The van der Waals surface area contributed by atoms with Crippen LogP contribution in [-0.4, -0.2) is 29.0 Å². The number of amides is 1. The number of hydrogen-bond acceptors (Lipinski definition) is 6. The Labute approximate surface area is 133 Å². The van der Waals surface area contributed by atoms with Gasteiger partial charge in [-0.05, 0) is 6.07 Å². The Morgan fingerprint density at radius 1 is 1.39 bits per heavy atom. The van der Waals surface area contributed by atoms with Crippen molar-refractivity contribution in [3.05, 3.63) is 47.9 Å². The van der Waals surface area contributed by atoms with Crippen LogP contribution in [0.4, 0.5) is 5.82 Å². The zero-order valence-corrected chi connectivity index (χ0v) is 12.3. The number of benzene rings is 1. The summed E-state index contributed by atoms with van der Waals surface area (Å²) in [5.41, 5.74) is 1.19. The summed E-state index contributed by atoms with van der Waals surface area (Å²) in [4.78, 5) is 20.0. The summed E-state index contributed by atoms with van der Waals surface area (Å²) in [5, 5.41) is 14.6. The third kappa shape index (κ3) is 3.55. The molecule has 1 aromatic heterocycles. The van der Waals surface area contributed by atoms with E-state index in [-0.39, 0.29) is 24.2 Å². The lowest BCUT2D eigenvalue weighted by Gasteiger charge is -2.26. The highest BCUT2D eigenvalue weighted by molar-refractivity contribution is 5.81. The Balaban J connectivity index is 1.59. The first kappa shape index (κ1) is 14.8. The first-order valence-electron chi connectivity index (χ1n) is 7.23. The maximum Gasteiger partial charge on any atom is 0.239 e. The van der Waals surface area contributed by atoms with E-state index in [2.05, 4.69) is 20.6 Å². The smallest absolute Gasteiger partial charge is 0.239 e. The van der Waals surface area contributed by atoms with Gasteiger partial charge in [0.25, 0.3) is 0 Å². The number of para-hydroxylation sites is 1. The number of nitrogens with one attached hydrogen (secondary N) is 2. The van der Waals surface area contributed by atoms with Crippen LogP contribution < -0.4 is 15.4 Å². The Morgan fingerprint density at radius 3 is 3.13 bits per heavy atom. The average Bonchev–Trinajstić information content (AvgIpc) is 2.60. The first-order valence-corrected chi connectivity index (χ1v) is 7.23. The molecule has 7 nitrogen and oxygen atoms in total. The lowest BCUT2D eigenvalue weighted by atomic mass is 10.0. The summed E-state index contributed by atoms with van der Waals surface area (Å²) in [5.74, 6) is 1.05. The predicted molar refractivity (Wildman–Crippen MR) is 82.7 cm³/mol. The Morgan fingerprint density at radius 2 is 2.26 bits per heavy atom. The number of carbonyl (C=O) groups excluding carboxylic acids is 1. The molecule has 0 aliphatic carbocycles. The molecule has 1 atom stereocenters. The molecule has 1 aliphatic rings. The molecule has 0 bridgehead atoms. The zero-order valence-electron chi connectivity index (χ0n) is 12.3. The molecule has 0 radical (unpaired) electrons. The topological polar surface area (TPSA) is 99.9 Å². The summed E-state index contributed by atoms with van der Waals surface area (Å²) in [6.45, 7) is 0.633. The molecular weight excluding hydrogens is 294 g/mol. The van der Waals surface area contributed by atoms with Crippen molar-refractivity contribution in [2.24, 2.45) is 0 Å². The minimum atomic E-state index is -0.157. The molecule has 0 spiro atoms. The van der Waals surface area contributed by atoms with Gasteiger partial charge >= 0.3 is 0 Å². The molecule has 1 aromatic carbocycles. The van der Waals surface area contributed by atoms with Crippen LogP contribution in [-0.2, 0) is 4.79 Å². The fourth-order valence-corrected chi connectivity index (χ4v) is 2.41. The summed E-state index contributed by atoms with van der Waals surface area (Å²) < 4.78 is 5.57. The standard InChI is InChI=1S/C16H15N5O2/c17-7-11-8-18-9-15(20-11)19-10-16(22)21-13-5-6-23-14-4-2-1-3-12(13)14/h1-4,8-9,13H,5-6,10H2,(H,19,20)(H,21,22)/t13-/m0/s1. The van der Waals surface area contributed by atoms with E-state index in [4.69, 9.17) is 10.00 Å². The zero-order chi connectivity index (χ0) is 16.1. The van der Waals surface area contributed by atoms with Gasteiger partial charge in [0.2, 0.25) is 5.91 Å². The van der Waals surface area contributed by atoms with Crippen molar-refractivity contribution in [1.29, 1.82) is 5.26 Å². The third-order valence-corrected chi connectivity index (χ3v) is 3.47. The molecule has 7 heteroatoms. The maximum atomic E-state index is 12.1. The van der Waals surface area contributed by atoms with Gasteiger partial charge in [0.15, 0.2) is 5.69 Å². The Hall–Kier alpha value is -3.14. The van der Waals surface area contributed by atoms with Gasteiger partial charge < -0.3 is 15.4 Å². The largest absolute Gasteiger partial charge is 0.493 e. The minimum Gasteiger partial charge on any atom is -0.493 e. The van der Waals surface area contributed by atoms with Crippen molar-refractivity contribution in [2.75, 3.05) is 18.5 Å². The van der Waals surface area contributed by atoms with Crippen molar-refractivity contribution in [3.8, 4) is 11.8 Å². The molecule has 1 amide bonds. The monoisotopic (exact) mass is 309 g/mol. The van der Waals surface area contributed by atoms with E-state index < -0.39 is 0 Å². The Kier molecular flexibility index (Phi) is 4.34. The number of fused-ring (bicyclic) bond motifs is 1. The molecule has 23 heavy (non-hydrogen) atoms. The van der Waals surface area contributed by atoms with Crippen LogP contribution in [0.3, 0.4) is 0 Å². The van der Waals surface area contributed by atoms with Crippen molar-refractivity contribution in [1.82, 2.24) is 15.3 Å². The number of carbonyl (C=O) groups is 1. The molecule has 0 saturated heterocycles. The molecular formula is C16H15N5O2. The van der Waals surface area contributed by atoms with Crippen LogP contribution in [0.1, 0.15) is 23.7 Å². The van der Waals surface area contributed by atoms with Gasteiger partial charge in [-0.3, -0.25) is 9.78 Å². The Bertz CT molecular complexity index is 756. The number of nitrogens with zero attached hydrogens (tertiary/aromatic N) is 3. The number of hydrogen-bond donors (Lipinski definition) is 2. The summed E-state index contributed by atoms with van der Waals surface area (Å²) in [6, 6.07) is 9.52. The molecule has 0 unspecified atom stereocenters. The SMILES string of the molecule is N#Cc1cncc(NCC(=O)N[C@H]2CCOc3ccccc32)n1. The highest BCUT2D eigenvalue weighted by atomic mass is 16.5. The highest BCUT2D eigenvalue weighted by Crippen LogP contribution is 2.31. The molecule has 0 fully saturated rings. The number of rotatable bonds is 4. The number of anilines is 1. The van der Waals surface area contributed by atoms with Gasteiger partial charge in [0.1, 0.15) is 17.6 Å². The number of aromatic nitrogens is 2. The van der Waals surface area contributed by atoms with Crippen LogP contribution in [0.15, 0.2) is 36.7 Å². The molecule has 3 rings (SSSR count). The van der Waals surface area contributed by atoms with Gasteiger partial charge in [-0.1, -0.05) is 18.2 Å². The molecule has 1 aliphatic heterocycles. The van der Waals surface area contributed by atoms with Gasteiger partial charge in [0, 0.05) is 12.0 Å². The van der Waals surface area contributed by atoms with Crippen molar-refractivity contribution in [2.45, 2.75) is 12.5 Å². The summed E-state index contributed by atoms with van der Waals surface area (Å²) in [7, 11) is 0. The van der Waals surface area contributed by atoms with Crippen LogP contribution in [0.25, 0.3) is 0 Å². The second-order valence-electron chi connectivity index (χ2n) is 5.05. The van der Waals surface area contributed by atoms with Crippen molar-refractivity contribution in [3.63, 3.8) is 0 Å². The fraction of sp³-hybridized carbons (Fsp3) is 0.250. The van der Waals surface area contributed by atoms with Crippen LogP contribution >= 0.6 is 0 Å². The van der Waals surface area contributed by atoms with E-state index in [1.54, 1.807) is 0 Å². The first-order chi connectivity index (χ1) is 11.3. The molecule has 2 aromatic rings. The highest BCUT2D eigenvalue weighted by Gasteiger charge is 2.22. The molecule has 116 valence electrons.